The highest BCUT2D eigenvalue weighted by Gasteiger charge is 2.22. The number of aromatic amines is 1. The standard InChI is InChI=1S/C22H22F2N4O2/c23-18-9-13(12-28-5-1-6-28)8-16(20(18)24)14-2-3-19-17(10-14)21(27-26-19)22(29)25-11-15-4-7-30-15/h2-3,8-10,15H,1,4-7,11-12H2,(H,25,29)(H,26,27). The van der Waals surface area contributed by atoms with Crippen molar-refractivity contribution in [2.24, 2.45) is 0 Å². The molecule has 0 spiro atoms. The molecule has 0 radical (unpaired) electrons. The van der Waals surface area contributed by atoms with E-state index in [4.69, 9.17) is 4.74 Å². The Labute approximate surface area is 172 Å². The minimum Gasteiger partial charge on any atom is -0.376 e. The van der Waals surface area contributed by atoms with Gasteiger partial charge in [-0.15, -0.1) is 0 Å². The van der Waals surface area contributed by atoms with Gasteiger partial charge in [0.25, 0.3) is 5.91 Å². The van der Waals surface area contributed by atoms with Gasteiger partial charge in [-0.3, -0.25) is 14.8 Å². The summed E-state index contributed by atoms with van der Waals surface area (Å²) in [6, 6.07) is 8.05. The highest BCUT2D eigenvalue weighted by molar-refractivity contribution is 6.05. The van der Waals surface area contributed by atoms with Crippen LogP contribution < -0.4 is 5.32 Å². The molecule has 0 bridgehead atoms. The summed E-state index contributed by atoms with van der Waals surface area (Å²) in [6.45, 7) is 3.67. The molecule has 0 aliphatic carbocycles. The van der Waals surface area contributed by atoms with Crippen molar-refractivity contribution in [3.63, 3.8) is 0 Å². The number of nitrogens with zero attached hydrogens (tertiary/aromatic N) is 2. The maximum absolute atomic E-state index is 14.6. The minimum absolute atomic E-state index is 0.0425. The second-order valence-corrected chi connectivity index (χ2v) is 7.89. The number of halogens is 2. The second kappa shape index (κ2) is 7.77. The summed E-state index contributed by atoms with van der Waals surface area (Å²) in [6.07, 6.45) is 2.09. The van der Waals surface area contributed by atoms with Crippen LogP contribution in [0.1, 0.15) is 28.9 Å². The van der Waals surface area contributed by atoms with Crippen LogP contribution in [0, 0.1) is 11.6 Å². The van der Waals surface area contributed by atoms with Crippen LogP contribution in [0.25, 0.3) is 22.0 Å². The van der Waals surface area contributed by atoms with Crippen molar-refractivity contribution >= 4 is 16.8 Å². The van der Waals surface area contributed by atoms with E-state index in [-0.39, 0.29) is 23.3 Å². The molecule has 2 saturated heterocycles. The maximum atomic E-state index is 14.6. The van der Waals surface area contributed by atoms with Crippen molar-refractivity contribution < 1.29 is 18.3 Å². The summed E-state index contributed by atoms with van der Waals surface area (Å²) in [4.78, 5) is 14.7. The van der Waals surface area contributed by atoms with Crippen molar-refractivity contribution in [1.29, 1.82) is 0 Å². The molecule has 3 heterocycles. The molecule has 1 atom stereocenters. The first-order valence-electron chi connectivity index (χ1n) is 10.2. The smallest absolute Gasteiger partial charge is 0.272 e. The highest BCUT2D eigenvalue weighted by atomic mass is 19.2. The molecule has 1 amide bonds. The highest BCUT2D eigenvalue weighted by Crippen LogP contribution is 2.30. The summed E-state index contributed by atoms with van der Waals surface area (Å²) < 4.78 is 34.2. The summed E-state index contributed by atoms with van der Waals surface area (Å²) in [7, 11) is 0. The molecule has 156 valence electrons. The van der Waals surface area contributed by atoms with Crippen LogP contribution in [-0.4, -0.2) is 53.3 Å². The average molecular weight is 412 g/mol. The molecule has 2 aliphatic rings. The normalized spacial score (nSPS) is 18.8. The summed E-state index contributed by atoms with van der Waals surface area (Å²) in [5.41, 5.74) is 2.30. The molecule has 1 unspecified atom stereocenters. The topological polar surface area (TPSA) is 70.2 Å². The molecule has 30 heavy (non-hydrogen) atoms. The number of likely N-dealkylation sites (tertiary alicyclic amines) is 1. The fraction of sp³-hybridized carbons (Fsp3) is 0.364. The van der Waals surface area contributed by atoms with E-state index in [9.17, 15) is 13.6 Å². The largest absolute Gasteiger partial charge is 0.376 e. The summed E-state index contributed by atoms with van der Waals surface area (Å²) >= 11 is 0. The lowest BCUT2D eigenvalue weighted by atomic mass is 9.99. The molecule has 3 aromatic rings. The number of ether oxygens (including phenoxy) is 1. The third kappa shape index (κ3) is 3.57. The van der Waals surface area contributed by atoms with Gasteiger partial charge in [0.1, 0.15) is 0 Å². The van der Waals surface area contributed by atoms with E-state index in [0.717, 1.165) is 31.5 Å². The van der Waals surface area contributed by atoms with Gasteiger partial charge in [0.05, 0.1) is 11.6 Å². The molecule has 1 aromatic heterocycles. The van der Waals surface area contributed by atoms with Gasteiger partial charge < -0.3 is 10.1 Å². The van der Waals surface area contributed by atoms with Gasteiger partial charge in [-0.1, -0.05) is 6.07 Å². The Morgan fingerprint density at radius 3 is 2.80 bits per heavy atom. The van der Waals surface area contributed by atoms with E-state index in [1.165, 1.54) is 6.07 Å². The van der Waals surface area contributed by atoms with E-state index in [1.807, 2.05) is 0 Å². The van der Waals surface area contributed by atoms with Crippen LogP contribution in [-0.2, 0) is 11.3 Å². The number of aromatic nitrogens is 2. The fourth-order valence-corrected chi connectivity index (χ4v) is 3.83. The van der Waals surface area contributed by atoms with Crippen molar-refractivity contribution in [2.75, 3.05) is 26.2 Å². The molecule has 2 aliphatic heterocycles. The molecular weight excluding hydrogens is 390 g/mol. The number of amides is 1. The van der Waals surface area contributed by atoms with E-state index in [0.29, 0.717) is 36.2 Å². The van der Waals surface area contributed by atoms with Crippen LogP contribution in [0.15, 0.2) is 30.3 Å². The molecule has 2 aromatic carbocycles. The lowest BCUT2D eigenvalue weighted by molar-refractivity contribution is -0.0473. The monoisotopic (exact) mass is 412 g/mol. The number of benzene rings is 2. The zero-order valence-electron chi connectivity index (χ0n) is 16.4. The van der Waals surface area contributed by atoms with Crippen molar-refractivity contribution in [2.45, 2.75) is 25.5 Å². The van der Waals surface area contributed by atoms with Gasteiger partial charge in [-0.05, 0) is 61.3 Å². The third-order valence-corrected chi connectivity index (χ3v) is 5.82. The number of hydrogen-bond acceptors (Lipinski definition) is 4. The molecule has 0 saturated carbocycles. The molecule has 5 rings (SSSR count). The summed E-state index contributed by atoms with van der Waals surface area (Å²) in [5, 5.41) is 10.3. The molecule has 2 N–H and O–H groups in total. The van der Waals surface area contributed by atoms with Gasteiger partial charge in [0.15, 0.2) is 17.3 Å². The van der Waals surface area contributed by atoms with Gasteiger partial charge in [-0.2, -0.15) is 5.10 Å². The van der Waals surface area contributed by atoms with Gasteiger partial charge >= 0.3 is 0 Å². The van der Waals surface area contributed by atoms with Gasteiger partial charge in [-0.25, -0.2) is 8.78 Å². The fourth-order valence-electron chi connectivity index (χ4n) is 3.83. The quantitative estimate of drug-likeness (QED) is 0.652. The Kier molecular flexibility index (Phi) is 4.96. The maximum Gasteiger partial charge on any atom is 0.272 e. The van der Waals surface area contributed by atoms with Gasteiger partial charge in [0, 0.05) is 30.6 Å². The van der Waals surface area contributed by atoms with E-state index in [1.54, 1.807) is 24.3 Å². The van der Waals surface area contributed by atoms with Crippen LogP contribution in [0.2, 0.25) is 0 Å². The number of rotatable bonds is 6. The van der Waals surface area contributed by atoms with Crippen molar-refractivity contribution in [3.8, 4) is 11.1 Å². The van der Waals surface area contributed by atoms with Crippen molar-refractivity contribution in [3.05, 3.63) is 53.2 Å². The van der Waals surface area contributed by atoms with Crippen LogP contribution >= 0.6 is 0 Å². The Balaban J connectivity index is 1.46. The Morgan fingerprint density at radius 2 is 2.10 bits per heavy atom. The number of nitrogens with one attached hydrogen (secondary N) is 2. The lowest BCUT2D eigenvalue weighted by Crippen LogP contribution is -2.39. The van der Waals surface area contributed by atoms with Crippen LogP contribution in [0.5, 0.6) is 0 Å². The molecule has 2 fully saturated rings. The predicted molar refractivity (Wildman–Crippen MR) is 108 cm³/mol. The number of fused-ring (bicyclic) bond motifs is 1. The Bertz CT molecular complexity index is 1110. The number of H-pyrrole nitrogens is 1. The van der Waals surface area contributed by atoms with E-state index >= 15 is 0 Å². The SMILES string of the molecule is O=C(NCC1CCO1)c1n[nH]c2ccc(-c3cc(CN4CCC4)cc(F)c3F)cc12. The number of carbonyl (C=O) groups excluding carboxylic acids is 1. The number of hydrogen-bond donors (Lipinski definition) is 2. The van der Waals surface area contributed by atoms with Crippen LogP contribution in [0.3, 0.4) is 0 Å². The first kappa shape index (κ1) is 19.1. The van der Waals surface area contributed by atoms with Crippen molar-refractivity contribution in [1.82, 2.24) is 20.4 Å². The van der Waals surface area contributed by atoms with Gasteiger partial charge in [0.2, 0.25) is 0 Å². The average Bonchev–Trinajstić information content (AvgIpc) is 3.09. The molecule has 8 heteroatoms. The first-order chi connectivity index (χ1) is 14.6. The zero-order chi connectivity index (χ0) is 20.7. The predicted octanol–water partition coefficient (Wildman–Crippen LogP) is 3.23. The first-order valence-corrected chi connectivity index (χ1v) is 10.2. The van der Waals surface area contributed by atoms with Crippen LogP contribution in [0.4, 0.5) is 8.78 Å². The third-order valence-electron chi connectivity index (χ3n) is 5.82. The Morgan fingerprint density at radius 1 is 1.27 bits per heavy atom. The second-order valence-electron chi connectivity index (χ2n) is 7.89. The number of carbonyl (C=O) groups is 1. The lowest BCUT2D eigenvalue weighted by Gasteiger charge is -2.30. The summed E-state index contributed by atoms with van der Waals surface area (Å²) in [5.74, 6) is -2.08. The minimum atomic E-state index is -0.890. The molecular formula is C22H22F2N4O2. The van der Waals surface area contributed by atoms with E-state index in [2.05, 4.69) is 20.4 Å². The molecule has 6 nitrogen and oxygen atoms in total. The zero-order valence-corrected chi connectivity index (χ0v) is 16.4. The Hall–Kier alpha value is -2.84. The van der Waals surface area contributed by atoms with E-state index < -0.39 is 11.6 Å².